The third kappa shape index (κ3) is 3.43. The Morgan fingerprint density at radius 3 is 2.64 bits per heavy atom. The predicted octanol–water partition coefficient (Wildman–Crippen LogP) is 4.20. The van der Waals surface area contributed by atoms with E-state index in [2.05, 4.69) is 43.4 Å². The van der Waals surface area contributed by atoms with E-state index >= 15 is 0 Å². The molecular weight excluding hydrogens is 270 g/mol. The molecule has 2 aliphatic carbocycles. The van der Waals surface area contributed by atoms with Crippen molar-refractivity contribution in [3.8, 4) is 0 Å². The number of nitrogens with one attached hydrogen (secondary N) is 1. The first-order valence-electron chi connectivity index (χ1n) is 8.73. The Balaban J connectivity index is 1.52. The Kier molecular flexibility index (Phi) is 4.66. The SMILES string of the molecule is CCc1ccc(/C=C/C(=O)N[C@@H](C)[C@H]2C[C@@H]3CC[C@@H]2C3)cc1. The molecule has 1 aromatic carbocycles. The van der Waals surface area contributed by atoms with Crippen molar-refractivity contribution in [2.24, 2.45) is 17.8 Å². The van der Waals surface area contributed by atoms with Gasteiger partial charge in [0.25, 0.3) is 0 Å². The van der Waals surface area contributed by atoms with E-state index in [9.17, 15) is 4.79 Å². The highest BCUT2D eigenvalue weighted by Crippen LogP contribution is 2.49. The van der Waals surface area contributed by atoms with Gasteiger partial charge >= 0.3 is 0 Å². The maximum Gasteiger partial charge on any atom is 0.244 e. The van der Waals surface area contributed by atoms with E-state index in [0.717, 1.165) is 23.8 Å². The van der Waals surface area contributed by atoms with Crippen molar-refractivity contribution in [1.29, 1.82) is 0 Å². The molecule has 0 radical (unpaired) electrons. The highest BCUT2D eigenvalue weighted by atomic mass is 16.1. The second kappa shape index (κ2) is 6.68. The van der Waals surface area contributed by atoms with Crippen LogP contribution in [-0.4, -0.2) is 11.9 Å². The molecule has 0 saturated heterocycles. The number of benzene rings is 1. The normalized spacial score (nSPS) is 28.2. The summed E-state index contributed by atoms with van der Waals surface area (Å²) in [6, 6.07) is 8.68. The average Bonchev–Trinajstić information content (AvgIpc) is 3.16. The number of carbonyl (C=O) groups excluding carboxylic acids is 1. The first kappa shape index (κ1) is 15.3. The monoisotopic (exact) mass is 297 g/mol. The minimum atomic E-state index is 0.0369. The van der Waals surface area contributed by atoms with Crippen LogP contribution < -0.4 is 5.32 Å². The van der Waals surface area contributed by atoms with Crippen molar-refractivity contribution < 1.29 is 4.79 Å². The molecule has 4 atom stereocenters. The van der Waals surface area contributed by atoms with Gasteiger partial charge in [0.1, 0.15) is 0 Å². The highest BCUT2D eigenvalue weighted by Gasteiger charge is 2.41. The van der Waals surface area contributed by atoms with Crippen LogP contribution in [0.25, 0.3) is 6.08 Å². The Morgan fingerprint density at radius 1 is 1.27 bits per heavy atom. The highest BCUT2D eigenvalue weighted by molar-refractivity contribution is 5.91. The number of hydrogen-bond acceptors (Lipinski definition) is 1. The van der Waals surface area contributed by atoms with Crippen LogP contribution in [0.4, 0.5) is 0 Å². The molecule has 0 unspecified atom stereocenters. The Labute approximate surface area is 134 Å². The lowest BCUT2D eigenvalue weighted by atomic mass is 9.84. The third-order valence-corrected chi connectivity index (χ3v) is 5.62. The van der Waals surface area contributed by atoms with Gasteiger partial charge < -0.3 is 5.32 Å². The van der Waals surface area contributed by atoms with Gasteiger partial charge in [-0.3, -0.25) is 4.79 Å². The molecule has 118 valence electrons. The first-order valence-corrected chi connectivity index (χ1v) is 8.73. The molecule has 2 bridgehead atoms. The van der Waals surface area contributed by atoms with Gasteiger partial charge in [-0.1, -0.05) is 37.6 Å². The Morgan fingerprint density at radius 2 is 2.05 bits per heavy atom. The number of aryl methyl sites for hydroxylation is 1. The van der Waals surface area contributed by atoms with Crippen LogP contribution in [0, 0.1) is 17.8 Å². The molecule has 1 amide bonds. The number of rotatable bonds is 5. The van der Waals surface area contributed by atoms with Gasteiger partial charge in [0.15, 0.2) is 0 Å². The largest absolute Gasteiger partial charge is 0.350 e. The summed E-state index contributed by atoms with van der Waals surface area (Å²) in [7, 11) is 0. The van der Waals surface area contributed by atoms with Crippen LogP contribution in [0.2, 0.25) is 0 Å². The molecule has 0 spiro atoms. The Hall–Kier alpha value is -1.57. The van der Waals surface area contributed by atoms with Crippen molar-refractivity contribution in [2.75, 3.05) is 0 Å². The minimum Gasteiger partial charge on any atom is -0.350 e. The molecule has 2 nitrogen and oxygen atoms in total. The fourth-order valence-electron chi connectivity index (χ4n) is 4.32. The zero-order valence-electron chi connectivity index (χ0n) is 13.7. The molecule has 0 heterocycles. The standard InChI is InChI=1S/C20H27NO/c1-3-15-4-6-16(7-5-15)9-11-20(22)21-14(2)19-13-17-8-10-18(19)12-17/h4-7,9,11,14,17-19H,3,8,10,12-13H2,1-2H3,(H,21,22)/b11-9+/t14-,17+,18+,19+/m0/s1. The molecule has 2 aliphatic rings. The average molecular weight is 297 g/mol. The quantitative estimate of drug-likeness (QED) is 0.811. The summed E-state index contributed by atoms with van der Waals surface area (Å²) in [6.07, 6.45) is 10.1. The summed E-state index contributed by atoms with van der Waals surface area (Å²) < 4.78 is 0. The van der Waals surface area contributed by atoms with E-state index in [1.54, 1.807) is 6.08 Å². The van der Waals surface area contributed by atoms with Crippen LogP contribution in [0.15, 0.2) is 30.3 Å². The molecule has 1 aromatic rings. The molecule has 22 heavy (non-hydrogen) atoms. The van der Waals surface area contributed by atoms with Gasteiger partial charge in [-0.2, -0.15) is 0 Å². The molecule has 0 aliphatic heterocycles. The van der Waals surface area contributed by atoms with Crippen LogP contribution in [0.5, 0.6) is 0 Å². The van der Waals surface area contributed by atoms with E-state index in [4.69, 9.17) is 0 Å². The number of fused-ring (bicyclic) bond motifs is 2. The van der Waals surface area contributed by atoms with E-state index in [1.807, 2.05) is 6.08 Å². The molecular formula is C20H27NO. The van der Waals surface area contributed by atoms with E-state index in [1.165, 1.54) is 31.2 Å². The summed E-state index contributed by atoms with van der Waals surface area (Å²) >= 11 is 0. The number of hydrogen-bond donors (Lipinski definition) is 1. The lowest BCUT2D eigenvalue weighted by Gasteiger charge is -2.28. The van der Waals surface area contributed by atoms with Gasteiger partial charge in [0.05, 0.1) is 0 Å². The van der Waals surface area contributed by atoms with Gasteiger partial charge in [0.2, 0.25) is 5.91 Å². The Bertz CT molecular complexity index is 545. The third-order valence-electron chi connectivity index (χ3n) is 5.62. The second-order valence-electron chi connectivity index (χ2n) is 7.06. The van der Waals surface area contributed by atoms with Crippen molar-refractivity contribution in [1.82, 2.24) is 5.32 Å². The van der Waals surface area contributed by atoms with Crippen LogP contribution >= 0.6 is 0 Å². The van der Waals surface area contributed by atoms with E-state index in [-0.39, 0.29) is 5.91 Å². The van der Waals surface area contributed by atoms with E-state index < -0.39 is 0 Å². The topological polar surface area (TPSA) is 29.1 Å². The van der Waals surface area contributed by atoms with Crippen molar-refractivity contribution in [3.05, 3.63) is 41.5 Å². The number of amides is 1. The molecule has 2 heteroatoms. The lowest BCUT2D eigenvalue weighted by Crippen LogP contribution is -2.39. The first-order chi connectivity index (χ1) is 10.7. The summed E-state index contributed by atoms with van der Waals surface area (Å²) in [5.74, 6) is 2.52. The fourth-order valence-corrected chi connectivity index (χ4v) is 4.32. The van der Waals surface area contributed by atoms with Crippen molar-refractivity contribution in [2.45, 2.75) is 52.0 Å². The van der Waals surface area contributed by atoms with Gasteiger partial charge in [-0.25, -0.2) is 0 Å². The number of carbonyl (C=O) groups is 1. The van der Waals surface area contributed by atoms with Gasteiger partial charge in [-0.15, -0.1) is 0 Å². The lowest BCUT2D eigenvalue weighted by molar-refractivity contribution is -0.117. The summed E-state index contributed by atoms with van der Waals surface area (Å²) in [5, 5.41) is 3.17. The van der Waals surface area contributed by atoms with Crippen LogP contribution in [-0.2, 0) is 11.2 Å². The zero-order valence-corrected chi connectivity index (χ0v) is 13.7. The van der Waals surface area contributed by atoms with Crippen LogP contribution in [0.3, 0.4) is 0 Å². The van der Waals surface area contributed by atoms with Gasteiger partial charge in [0, 0.05) is 12.1 Å². The minimum absolute atomic E-state index is 0.0369. The summed E-state index contributed by atoms with van der Waals surface area (Å²) in [5.41, 5.74) is 2.41. The molecule has 2 fully saturated rings. The molecule has 1 N–H and O–H groups in total. The summed E-state index contributed by atoms with van der Waals surface area (Å²) in [6.45, 7) is 4.32. The zero-order chi connectivity index (χ0) is 15.5. The maximum atomic E-state index is 12.1. The fraction of sp³-hybridized carbons (Fsp3) is 0.550. The molecule has 0 aromatic heterocycles. The maximum absolute atomic E-state index is 12.1. The van der Waals surface area contributed by atoms with Crippen LogP contribution in [0.1, 0.15) is 50.7 Å². The smallest absolute Gasteiger partial charge is 0.244 e. The molecule has 2 saturated carbocycles. The molecule has 3 rings (SSSR count). The predicted molar refractivity (Wildman–Crippen MR) is 91.4 cm³/mol. The van der Waals surface area contributed by atoms with Crippen molar-refractivity contribution >= 4 is 12.0 Å². The van der Waals surface area contributed by atoms with Gasteiger partial charge in [-0.05, 0) is 67.6 Å². The van der Waals surface area contributed by atoms with Crippen molar-refractivity contribution in [3.63, 3.8) is 0 Å². The van der Waals surface area contributed by atoms with E-state index in [0.29, 0.717) is 12.0 Å². The summed E-state index contributed by atoms with van der Waals surface area (Å²) in [4.78, 5) is 12.1. The second-order valence-corrected chi connectivity index (χ2v) is 7.06.